The lowest BCUT2D eigenvalue weighted by molar-refractivity contribution is 0.1000. The topological polar surface area (TPSA) is 93.9 Å². The van der Waals surface area contributed by atoms with Crippen LogP contribution in [0.25, 0.3) is 11.0 Å². The highest BCUT2D eigenvalue weighted by atomic mass is 32.2. The van der Waals surface area contributed by atoms with Gasteiger partial charge in [-0.2, -0.15) is 4.31 Å². The maximum atomic E-state index is 13.8. The van der Waals surface area contributed by atoms with Crippen LogP contribution in [-0.2, 0) is 10.0 Å². The van der Waals surface area contributed by atoms with Crippen LogP contribution in [0, 0.1) is 6.92 Å². The first kappa shape index (κ1) is 23.3. The third-order valence-electron chi connectivity index (χ3n) is 5.31. The fourth-order valence-electron chi connectivity index (χ4n) is 3.81. The molecule has 0 atom stereocenters. The van der Waals surface area contributed by atoms with Gasteiger partial charge >= 0.3 is 0 Å². The molecular formula is C26H23NO6S. The van der Waals surface area contributed by atoms with Crippen LogP contribution in [0.1, 0.15) is 40.3 Å². The molecule has 0 unspecified atom stereocenters. The number of fused-ring (bicyclic) bond motifs is 1. The number of sulfonamides is 1. The van der Waals surface area contributed by atoms with Crippen molar-refractivity contribution in [3.05, 3.63) is 89.7 Å². The Bertz CT molecular complexity index is 1470. The van der Waals surface area contributed by atoms with E-state index >= 15 is 0 Å². The number of nitrogens with zero attached hydrogens (tertiary/aromatic N) is 1. The summed E-state index contributed by atoms with van der Waals surface area (Å²) in [6.45, 7) is 5.34. The number of ketones is 1. The van der Waals surface area contributed by atoms with Crippen LogP contribution in [0.5, 0.6) is 5.75 Å². The Hall–Kier alpha value is -3.91. The van der Waals surface area contributed by atoms with E-state index in [0.29, 0.717) is 34.6 Å². The number of benzene rings is 3. The van der Waals surface area contributed by atoms with E-state index < -0.39 is 15.9 Å². The number of carbonyl (C=O) groups excluding carboxylic acids is 2. The summed E-state index contributed by atoms with van der Waals surface area (Å²) in [7, 11) is -4.32. The molecule has 8 heteroatoms. The minimum Gasteiger partial charge on any atom is -0.494 e. The van der Waals surface area contributed by atoms with Gasteiger partial charge in [-0.15, -0.1) is 0 Å². The lowest BCUT2D eigenvalue weighted by Gasteiger charge is -2.23. The quantitative estimate of drug-likeness (QED) is 0.332. The van der Waals surface area contributed by atoms with Gasteiger partial charge in [0, 0.05) is 10.9 Å². The van der Waals surface area contributed by atoms with Gasteiger partial charge in [0.1, 0.15) is 17.1 Å². The van der Waals surface area contributed by atoms with Crippen molar-refractivity contribution in [1.82, 2.24) is 0 Å². The molecule has 0 bridgehead atoms. The first-order valence-corrected chi connectivity index (χ1v) is 12.1. The van der Waals surface area contributed by atoms with E-state index in [1.165, 1.54) is 43.3 Å². The van der Waals surface area contributed by atoms with Crippen molar-refractivity contribution in [3.63, 3.8) is 0 Å². The summed E-state index contributed by atoms with van der Waals surface area (Å²) in [6.07, 6.45) is 0. The molecule has 3 aromatic carbocycles. The van der Waals surface area contributed by atoms with E-state index in [2.05, 4.69) is 0 Å². The van der Waals surface area contributed by atoms with Gasteiger partial charge in [0.15, 0.2) is 5.78 Å². The van der Waals surface area contributed by atoms with Gasteiger partial charge in [-0.3, -0.25) is 9.59 Å². The maximum absolute atomic E-state index is 13.8. The molecule has 0 aliphatic carbocycles. The number of hydrogen-bond donors (Lipinski definition) is 0. The minimum atomic E-state index is -4.32. The van der Waals surface area contributed by atoms with Crippen molar-refractivity contribution in [1.29, 1.82) is 0 Å². The molecule has 0 fully saturated rings. The normalized spacial score (nSPS) is 11.4. The summed E-state index contributed by atoms with van der Waals surface area (Å²) >= 11 is 0. The zero-order valence-corrected chi connectivity index (χ0v) is 19.8. The number of Topliss-reactive ketones (excluding diaryl/α,β-unsaturated/α-hetero) is 1. The molecule has 0 aliphatic heterocycles. The molecule has 1 aromatic heterocycles. The fraction of sp³-hybridized carbons (Fsp3) is 0.154. The molecule has 0 N–H and O–H groups in total. The van der Waals surface area contributed by atoms with Crippen LogP contribution in [0.2, 0.25) is 0 Å². The number of ether oxygens (including phenoxy) is 1. The molecule has 4 rings (SSSR count). The van der Waals surface area contributed by atoms with Crippen molar-refractivity contribution in [2.75, 3.05) is 10.9 Å². The largest absolute Gasteiger partial charge is 0.494 e. The number of hydrogen-bond acceptors (Lipinski definition) is 6. The van der Waals surface area contributed by atoms with Gasteiger partial charge in [-0.05, 0) is 75.4 Å². The lowest BCUT2D eigenvalue weighted by atomic mass is 10.1. The predicted octanol–water partition coefficient (Wildman–Crippen LogP) is 5.38. The standard InChI is InChI=1S/C26H23NO6S/c1-4-32-21-11-13-22(14-12-21)34(30,31)27(26(29)19-8-6-5-7-9-19)20-10-15-24-23(16-20)25(17(2)28)18(3)33-24/h5-16H,4H2,1-3H3. The maximum Gasteiger partial charge on any atom is 0.272 e. The van der Waals surface area contributed by atoms with Crippen LogP contribution in [0.3, 0.4) is 0 Å². The molecule has 4 aromatic rings. The van der Waals surface area contributed by atoms with Crippen LogP contribution < -0.4 is 9.04 Å². The second-order valence-corrected chi connectivity index (χ2v) is 9.40. The minimum absolute atomic E-state index is 0.0736. The first-order chi connectivity index (χ1) is 16.2. The molecule has 7 nitrogen and oxygen atoms in total. The summed E-state index contributed by atoms with van der Waals surface area (Å²) in [5.41, 5.74) is 1.07. The average molecular weight is 478 g/mol. The Labute approximate surface area is 197 Å². The smallest absolute Gasteiger partial charge is 0.272 e. The highest BCUT2D eigenvalue weighted by Gasteiger charge is 2.32. The fourth-order valence-corrected chi connectivity index (χ4v) is 5.22. The monoisotopic (exact) mass is 477 g/mol. The molecule has 34 heavy (non-hydrogen) atoms. The highest BCUT2D eigenvalue weighted by Crippen LogP contribution is 2.33. The van der Waals surface area contributed by atoms with E-state index in [-0.39, 0.29) is 21.9 Å². The molecule has 1 heterocycles. The number of aryl methyl sites for hydroxylation is 1. The van der Waals surface area contributed by atoms with Gasteiger partial charge in [-0.25, -0.2) is 8.42 Å². The van der Waals surface area contributed by atoms with Gasteiger partial charge in [0.2, 0.25) is 0 Å². The lowest BCUT2D eigenvalue weighted by Crippen LogP contribution is -2.37. The molecule has 0 saturated heterocycles. The predicted molar refractivity (Wildman–Crippen MR) is 129 cm³/mol. The van der Waals surface area contributed by atoms with E-state index in [9.17, 15) is 18.0 Å². The Morgan fingerprint density at radius 1 is 0.971 bits per heavy atom. The molecule has 174 valence electrons. The van der Waals surface area contributed by atoms with Crippen LogP contribution >= 0.6 is 0 Å². The number of rotatable bonds is 7. The number of carbonyl (C=O) groups is 2. The van der Waals surface area contributed by atoms with E-state index in [0.717, 1.165) is 4.31 Å². The first-order valence-electron chi connectivity index (χ1n) is 10.7. The number of amides is 1. The highest BCUT2D eigenvalue weighted by molar-refractivity contribution is 7.93. The molecule has 0 radical (unpaired) electrons. The summed E-state index contributed by atoms with van der Waals surface area (Å²) in [5, 5.41) is 0.440. The summed E-state index contributed by atoms with van der Waals surface area (Å²) in [5.74, 6) is 0.000802. The Morgan fingerprint density at radius 3 is 2.26 bits per heavy atom. The molecule has 1 amide bonds. The third kappa shape index (κ3) is 4.20. The zero-order valence-electron chi connectivity index (χ0n) is 18.9. The van der Waals surface area contributed by atoms with Crippen molar-refractivity contribution in [3.8, 4) is 5.75 Å². The second kappa shape index (κ2) is 9.15. The van der Waals surface area contributed by atoms with Gasteiger partial charge < -0.3 is 9.15 Å². The molecule has 0 saturated carbocycles. The second-order valence-electron chi connectivity index (χ2n) is 7.61. The summed E-state index contributed by atoms with van der Waals surface area (Å²) < 4.78 is 39.3. The van der Waals surface area contributed by atoms with Gasteiger partial charge in [0.05, 0.1) is 22.8 Å². The van der Waals surface area contributed by atoms with Crippen molar-refractivity contribution in [2.24, 2.45) is 0 Å². The van der Waals surface area contributed by atoms with E-state index in [1.54, 1.807) is 43.3 Å². The Morgan fingerprint density at radius 2 is 1.65 bits per heavy atom. The van der Waals surface area contributed by atoms with Crippen LogP contribution in [-0.4, -0.2) is 26.7 Å². The van der Waals surface area contributed by atoms with Crippen molar-refractivity contribution < 1.29 is 27.2 Å². The van der Waals surface area contributed by atoms with E-state index in [1.807, 2.05) is 6.92 Å². The van der Waals surface area contributed by atoms with E-state index in [4.69, 9.17) is 9.15 Å². The van der Waals surface area contributed by atoms with Crippen molar-refractivity contribution in [2.45, 2.75) is 25.7 Å². The zero-order chi connectivity index (χ0) is 24.5. The average Bonchev–Trinajstić information content (AvgIpc) is 3.15. The third-order valence-corrected chi connectivity index (χ3v) is 7.04. The SMILES string of the molecule is CCOc1ccc(S(=O)(=O)N(C(=O)c2ccccc2)c2ccc3oc(C)c(C(C)=O)c3c2)cc1. The molecule has 0 aliphatic rings. The summed E-state index contributed by atoms with van der Waals surface area (Å²) in [6, 6.07) is 18.6. The van der Waals surface area contributed by atoms with Gasteiger partial charge in [0.25, 0.3) is 15.9 Å². The van der Waals surface area contributed by atoms with Crippen molar-refractivity contribution >= 4 is 38.4 Å². The van der Waals surface area contributed by atoms with Gasteiger partial charge in [-0.1, -0.05) is 18.2 Å². The number of furan rings is 1. The van der Waals surface area contributed by atoms with Crippen LogP contribution in [0.15, 0.2) is 82.1 Å². The Balaban J connectivity index is 1.91. The molecule has 0 spiro atoms. The number of anilines is 1. The Kier molecular flexibility index (Phi) is 6.26. The summed E-state index contributed by atoms with van der Waals surface area (Å²) in [4.78, 5) is 25.7. The van der Waals surface area contributed by atoms with Crippen LogP contribution in [0.4, 0.5) is 5.69 Å². The molecular weight excluding hydrogens is 454 g/mol.